The summed E-state index contributed by atoms with van der Waals surface area (Å²) in [7, 11) is 0. The first-order valence-electron chi connectivity index (χ1n) is 6.97. The van der Waals surface area contributed by atoms with Crippen LogP contribution in [0, 0.1) is 0 Å². The summed E-state index contributed by atoms with van der Waals surface area (Å²) in [5, 5.41) is 6.33. The Bertz CT molecular complexity index is 583. The first kappa shape index (κ1) is 13.1. The van der Waals surface area contributed by atoms with E-state index in [-0.39, 0.29) is 0 Å². The molecule has 0 amide bonds. The van der Waals surface area contributed by atoms with Gasteiger partial charge in [-0.3, -0.25) is 0 Å². The lowest BCUT2D eigenvalue weighted by atomic mass is 10.2. The van der Waals surface area contributed by atoms with Gasteiger partial charge in [-0.15, -0.1) is 0 Å². The molecule has 1 aliphatic rings. The van der Waals surface area contributed by atoms with Crippen LogP contribution in [-0.4, -0.2) is 47.8 Å². The SMILES string of the molecule is CCNc1nc(NN2CCOCC2)c2ccccc2n1. The molecule has 6 heteroatoms. The lowest BCUT2D eigenvalue weighted by Gasteiger charge is -2.28. The molecule has 0 saturated carbocycles. The highest BCUT2D eigenvalue weighted by Gasteiger charge is 2.13. The first-order chi connectivity index (χ1) is 9.86. The Morgan fingerprint density at radius 3 is 2.80 bits per heavy atom. The maximum atomic E-state index is 5.36. The number of hydrazine groups is 1. The van der Waals surface area contributed by atoms with E-state index in [1.165, 1.54) is 0 Å². The van der Waals surface area contributed by atoms with Gasteiger partial charge in [0.2, 0.25) is 5.95 Å². The van der Waals surface area contributed by atoms with Crippen LogP contribution in [0.25, 0.3) is 10.9 Å². The quantitative estimate of drug-likeness (QED) is 0.884. The predicted octanol–water partition coefficient (Wildman–Crippen LogP) is 1.72. The van der Waals surface area contributed by atoms with E-state index < -0.39 is 0 Å². The molecule has 1 aliphatic heterocycles. The van der Waals surface area contributed by atoms with E-state index in [0.29, 0.717) is 5.95 Å². The maximum Gasteiger partial charge on any atom is 0.225 e. The van der Waals surface area contributed by atoms with Gasteiger partial charge in [-0.25, -0.2) is 9.99 Å². The van der Waals surface area contributed by atoms with Crippen molar-refractivity contribution < 1.29 is 4.74 Å². The smallest absolute Gasteiger partial charge is 0.225 e. The molecule has 0 spiro atoms. The van der Waals surface area contributed by atoms with Gasteiger partial charge >= 0.3 is 0 Å². The minimum atomic E-state index is 0.655. The molecule has 6 nitrogen and oxygen atoms in total. The molecule has 0 radical (unpaired) electrons. The number of benzene rings is 1. The zero-order valence-corrected chi connectivity index (χ0v) is 11.6. The number of nitrogens with zero attached hydrogens (tertiary/aromatic N) is 3. The summed E-state index contributed by atoms with van der Waals surface area (Å²) >= 11 is 0. The number of fused-ring (bicyclic) bond motifs is 1. The number of morpholine rings is 1. The third-order valence-electron chi connectivity index (χ3n) is 3.21. The lowest BCUT2D eigenvalue weighted by Crippen LogP contribution is -2.40. The summed E-state index contributed by atoms with van der Waals surface area (Å²) in [5.74, 6) is 1.50. The largest absolute Gasteiger partial charge is 0.379 e. The molecule has 1 aromatic carbocycles. The number of ether oxygens (including phenoxy) is 1. The Morgan fingerprint density at radius 2 is 2.00 bits per heavy atom. The van der Waals surface area contributed by atoms with Crippen LogP contribution in [0.3, 0.4) is 0 Å². The van der Waals surface area contributed by atoms with Crippen LogP contribution in [0.2, 0.25) is 0 Å². The van der Waals surface area contributed by atoms with E-state index in [2.05, 4.69) is 25.7 Å². The van der Waals surface area contributed by atoms with Gasteiger partial charge in [0.25, 0.3) is 0 Å². The maximum absolute atomic E-state index is 5.36. The monoisotopic (exact) mass is 273 g/mol. The number of rotatable bonds is 4. The number of para-hydroxylation sites is 1. The van der Waals surface area contributed by atoms with E-state index in [0.717, 1.165) is 49.6 Å². The van der Waals surface area contributed by atoms with Crippen molar-refractivity contribution in [2.75, 3.05) is 43.6 Å². The van der Waals surface area contributed by atoms with Crippen molar-refractivity contribution in [1.82, 2.24) is 15.0 Å². The zero-order valence-electron chi connectivity index (χ0n) is 11.6. The summed E-state index contributed by atoms with van der Waals surface area (Å²) in [6.45, 7) is 6.04. The van der Waals surface area contributed by atoms with Crippen molar-refractivity contribution in [1.29, 1.82) is 0 Å². The first-order valence-corrected chi connectivity index (χ1v) is 6.97. The Kier molecular flexibility index (Phi) is 3.94. The predicted molar refractivity (Wildman–Crippen MR) is 79.7 cm³/mol. The summed E-state index contributed by atoms with van der Waals surface area (Å²) in [6.07, 6.45) is 0. The average Bonchev–Trinajstić information content (AvgIpc) is 2.49. The molecule has 20 heavy (non-hydrogen) atoms. The van der Waals surface area contributed by atoms with Gasteiger partial charge in [-0.1, -0.05) is 12.1 Å². The van der Waals surface area contributed by atoms with Crippen LogP contribution in [0.5, 0.6) is 0 Å². The minimum absolute atomic E-state index is 0.655. The van der Waals surface area contributed by atoms with Crippen molar-refractivity contribution in [3.05, 3.63) is 24.3 Å². The lowest BCUT2D eigenvalue weighted by molar-refractivity contribution is 0.0495. The van der Waals surface area contributed by atoms with E-state index in [9.17, 15) is 0 Å². The van der Waals surface area contributed by atoms with E-state index in [1.807, 2.05) is 31.2 Å². The molecule has 2 aromatic rings. The summed E-state index contributed by atoms with van der Waals surface area (Å²) < 4.78 is 5.36. The van der Waals surface area contributed by atoms with Gasteiger partial charge in [-0.2, -0.15) is 4.98 Å². The minimum Gasteiger partial charge on any atom is -0.379 e. The molecular weight excluding hydrogens is 254 g/mol. The van der Waals surface area contributed by atoms with Crippen LogP contribution in [0.15, 0.2) is 24.3 Å². The van der Waals surface area contributed by atoms with Crippen molar-refractivity contribution in [3.8, 4) is 0 Å². The molecule has 2 N–H and O–H groups in total. The van der Waals surface area contributed by atoms with Gasteiger partial charge < -0.3 is 15.5 Å². The van der Waals surface area contributed by atoms with Crippen LogP contribution in [-0.2, 0) is 4.74 Å². The second-order valence-electron chi connectivity index (χ2n) is 4.65. The molecular formula is C14H19N5O. The summed E-state index contributed by atoms with van der Waals surface area (Å²) in [4.78, 5) is 9.08. The summed E-state index contributed by atoms with van der Waals surface area (Å²) in [5.41, 5.74) is 4.32. The fraction of sp³-hybridized carbons (Fsp3) is 0.429. The number of hydrogen-bond donors (Lipinski definition) is 2. The molecule has 3 rings (SSSR count). The molecule has 0 aliphatic carbocycles. The zero-order chi connectivity index (χ0) is 13.8. The molecule has 1 saturated heterocycles. The number of nitrogens with one attached hydrogen (secondary N) is 2. The highest BCUT2D eigenvalue weighted by molar-refractivity contribution is 5.89. The third kappa shape index (κ3) is 2.81. The summed E-state index contributed by atoms with van der Waals surface area (Å²) in [6, 6.07) is 8.03. The van der Waals surface area contributed by atoms with Gasteiger partial charge in [-0.05, 0) is 19.1 Å². The number of aromatic nitrogens is 2. The molecule has 0 bridgehead atoms. The fourth-order valence-corrected chi connectivity index (χ4v) is 2.22. The molecule has 2 heterocycles. The van der Waals surface area contributed by atoms with Crippen LogP contribution in [0.1, 0.15) is 6.92 Å². The third-order valence-corrected chi connectivity index (χ3v) is 3.21. The highest BCUT2D eigenvalue weighted by atomic mass is 16.5. The topological polar surface area (TPSA) is 62.3 Å². The van der Waals surface area contributed by atoms with Gasteiger partial charge in [0.1, 0.15) is 0 Å². The van der Waals surface area contributed by atoms with Crippen molar-refractivity contribution in [2.45, 2.75) is 6.92 Å². The second-order valence-corrected chi connectivity index (χ2v) is 4.65. The standard InChI is InChI=1S/C14H19N5O/c1-2-15-14-16-12-6-4-3-5-11(12)13(17-14)18-19-7-9-20-10-8-19/h3-6H,2,7-10H2,1H3,(H2,15,16,17,18). The molecule has 106 valence electrons. The van der Waals surface area contributed by atoms with Crippen molar-refractivity contribution >= 4 is 22.7 Å². The van der Waals surface area contributed by atoms with E-state index >= 15 is 0 Å². The van der Waals surface area contributed by atoms with Crippen LogP contribution >= 0.6 is 0 Å². The molecule has 1 aromatic heterocycles. The van der Waals surface area contributed by atoms with E-state index in [4.69, 9.17) is 4.74 Å². The van der Waals surface area contributed by atoms with E-state index in [1.54, 1.807) is 0 Å². The normalized spacial score (nSPS) is 16.2. The highest BCUT2D eigenvalue weighted by Crippen LogP contribution is 2.22. The Hall–Kier alpha value is -1.92. The average molecular weight is 273 g/mol. The second kappa shape index (κ2) is 6.02. The fourth-order valence-electron chi connectivity index (χ4n) is 2.22. The van der Waals surface area contributed by atoms with Crippen LogP contribution < -0.4 is 10.7 Å². The van der Waals surface area contributed by atoms with Gasteiger partial charge in [0.05, 0.1) is 18.7 Å². The van der Waals surface area contributed by atoms with Gasteiger partial charge in [0, 0.05) is 25.0 Å². The van der Waals surface area contributed by atoms with Crippen LogP contribution in [0.4, 0.5) is 11.8 Å². The number of anilines is 2. The van der Waals surface area contributed by atoms with Crippen molar-refractivity contribution in [3.63, 3.8) is 0 Å². The molecule has 1 fully saturated rings. The Morgan fingerprint density at radius 1 is 1.20 bits per heavy atom. The van der Waals surface area contributed by atoms with Gasteiger partial charge in [0.15, 0.2) is 5.82 Å². The number of hydrogen-bond acceptors (Lipinski definition) is 6. The molecule has 0 unspecified atom stereocenters. The Labute approximate surface area is 118 Å². The molecule has 0 atom stereocenters. The Balaban J connectivity index is 1.93. The van der Waals surface area contributed by atoms with Crippen molar-refractivity contribution in [2.24, 2.45) is 0 Å².